The van der Waals surface area contributed by atoms with Crippen LogP contribution in [0.3, 0.4) is 0 Å². The van der Waals surface area contributed by atoms with E-state index in [0.717, 1.165) is 23.1 Å². The van der Waals surface area contributed by atoms with Crippen LogP contribution in [0, 0.1) is 6.92 Å². The molecule has 0 saturated heterocycles. The number of hydrogen-bond donors (Lipinski definition) is 2. The van der Waals surface area contributed by atoms with E-state index in [0.29, 0.717) is 5.39 Å². The predicted octanol–water partition coefficient (Wildman–Crippen LogP) is 3.30. The molecule has 0 bridgehead atoms. The fraction of sp³-hybridized carbons (Fsp3) is 0.250. The number of rotatable bonds is 6. The number of esters is 1. The summed E-state index contributed by atoms with van der Waals surface area (Å²) in [6.45, 7) is 3.66. The molecule has 2 N–H and O–H groups in total. The van der Waals surface area contributed by atoms with Gasteiger partial charge in [0.25, 0.3) is 5.91 Å². The van der Waals surface area contributed by atoms with E-state index >= 15 is 0 Å². The standard InChI is InChI=1S/C20H21N3O3/c1-3-16(14-10-8-13(2)9-11-14)21-18(24)12-26-20(25)19-15-6-4-5-7-17(15)22-23-19/h4-11,16H,3,12H2,1-2H3,(H,21,24)(H,22,23)/t16-/m0/s1. The van der Waals surface area contributed by atoms with Crippen molar-refractivity contribution in [2.24, 2.45) is 0 Å². The Morgan fingerprint density at radius 3 is 2.62 bits per heavy atom. The second kappa shape index (κ2) is 7.82. The van der Waals surface area contributed by atoms with Crippen molar-refractivity contribution in [3.05, 3.63) is 65.4 Å². The van der Waals surface area contributed by atoms with Gasteiger partial charge in [-0.25, -0.2) is 4.79 Å². The van der Waals surface area contributed by atoms with Crippen LogP contribution in [0.4, 0.5) is 0 Å². The van der Waals surface area contributed by atoms with Crippen molar-refractivity contribution in [1.82, 2.24) is 15.5 Å². The Morgan fingerprint density at radius 1 is 1.15 bits per heavy atom. The van der Waals surface area contributed by atoms with Gasteiger partial charge in [0.05, 0.1) is 11.6 Å². The topological polar surface area (TPSA) is 84.1 Å². The Labute approximate surface area is 151 Å². The first-order valence-corrected chi connectivity index (χ1v) is 8.54. The van der Waals surface area contributed by atoms with E-state index in [1.807, 2.05) is 56.3 Å². The number of benzene rings is 2. The highest BCUT2D eigenvalue weighted by Crippen LogP contribution is 2.18. The fourth-order valence-electron chi connectivity index (χ4n) is 2.77. The third kappa shape index (κ3) is 3.91. The molecule has 0 fully saturated rings. The third-order valence-corrected chi connectivity index (χ3v) is 4.22. The summed E-state index contributed by atoms with van der Waals surface area (Å²) in [7, 11) is 0. The van der Waals surface area contributed by atoms with Gasteiger partial charge in [-0.15, -0.1) is 0 Å². The van der Waals surface area contributed by atoms with Crippen molar-refractivity contribution in [1.29, 1.82) is 0 Å². The molecular weight excluding hydrogens is 330 g/mol. The number of fused-ring (bicyclic) bond motifs is 1. The maximum absolute atomic E-state index is 12.2. The van der Waals surface area contributed by atoms with Crippen molar-refractivity contribution >= 4 is 22.8 Å². The van der Waals surface area contributed by atoms with Gasteiger partial charge < -0.3 is 10.1 Å². The molecule has 0 spiro atoms. The molecule has 6 nitrogen and oxygen atoms in total. The molecule has 3 aromatic rings. The van der Waals surface area contributed by atoms with Crippen LogP contribution in [-0.2, 0) is 9.53 Å². The molecule has 2 aromatic carbocycles. The average molecular weight is 351 g/mol. The molecule has 0 radical (unpaired) electrons. The Kier molecular flexibility index (Phi) is 5.31. The maximum Gasteiger partial charge on any atom is 0.359 e. The van der Waals surface area contributed by atoms with E-state index < -0.39 is 5.97 Å². The van der Waals surface area contributed by atoms with Crippen molar-refractivity contribution in [3.8, 4) is 0 Å². The largest absolute Gasteiger partial charge is 0.451 e. The summed E-state index contributed by atoms with van der Waals surface area (Å²) in [5.41, 5.74) is 3.11. The molecule has 1 heterocycles. The van der Waals surface area contributed by atoms with Gasteiger partial charge in [0, 0.05) is 5.39 Å². The molecule has 1 amide bonds. The van der Waals surface area contributed by atoms with Gasteiger partial charge in [-0.3, -0.25) is 9.89 Å². The monoisotopic (exact) mass is 351 g/mol. The third-order valence-electron chi connectivity index (χ3n) is 4.22. The van der Waals surface area contributed by atoms with Crippen LogP contribution in [0.1, 0.15) is 41.0 Å². The van der Waals surface area contributed by atoms with Gasteiger partial charge in [-0.05, 0) is 25.0 Å². The molecule has 0 aliphatic carbocycles. The van der Waals surface area contributed by atoms with Crippen molar-refractivity contribution in [2.75, 3.05) is 6.61 Å². The van der Waals surface area contributed by atoms with Crippen LogP contribution in [0.2, 0.25) is 0 Å². The number of hydrogen-bond acceptors (Lipinski definition) is 4. The molecular formula is C20H21N3O3. The van der Waals surface area contributed by atoms with Gasteiger partial charge in [0.2, 0.25) is 0 Å². The normalized spacial score (nSPS) is 11.9. The predicted molar refractivity (Wildman–Crippen MR) is 98.7 cm³/mol. The lowest BCUT2D eigenvalue weighted by Gasteiger charge is -2.17. The van der Waals surface area contributed by atoms with Gasteiger partial charge in [-0.2, -0.15) is 5.10 Å². The molecule has 6 heteroatoms. The van der Waals surface area contributed by atoms with Crippen LogP contribution in [-0.4, -0.2) is 28.7 Å². The summed E-state index contributed by atoms with van der Waals surface area (Å²) in [4.78, 5) is 24.4. The zero-order valence-electron chi connectivity index (χ0n) is 14.8. The molecule has 1 atom stereocenters. The van der Waals surface area contributed by atoms with Crippen LogP contribution >= 0.6 is 0 Å². The Bertz CT molecular complexity index is 915. The average Bonchev–Trinajstić information content (AvgIpc) is 3.09. The highest BCUT2D eigenvalue weighted by atomic mass is 16.5. The van der Waals surface area contributed by atoms with E-state index in [2.05, 4.69) is 15.5 Å². The summed E-state index contributed by atoms with van der Waals surface area (Å²) in [6.07, 6.45) is 0.743. The first-order chi connectivity index (χ1) is 12.6. The zero-order valence-corrected chi connectivity index (χ0v) is 14.8. The minimum atomic E-state index is -0.624. The van der Waals surface area contributed by atoms with E-state index in [9.17, 15) is 9.59 Å². The van der Waals surface area contributed by atoms with Crippen LogP contribution in [0.5, 0.6) is 0 Å². The lowest BCUT2D eigenvalue weighted by Crippen LogP contribution is -2.32. The molecule has 1 aromatic heterocycles. The maximum atomic E-state index is 12.2. The summed E-state index contributed by atoms with van der Waals surface area (Å²) < 4.78 is 5.12. The van der Waals surface area contributed by atoms with E-state index in [-0.39, 0.29) is 24.2 Å². The van der Waals surface area contributed by atoms with Crippen LogP contribution < -0.4 is 5.32 Å². The number of ether oxygens (including phenoxy) is 1. The number of H-pyrrole nitrogens is 1. The number of aryl methyl sites for hydroxylation is 1. The zero-order chi connectivity index (χ0) is 18.5. The lowest BCUT2D eigenvalue weighted by atomic mass is 10.0. The molecule has 134 valence electrons. The molecule has 0 unspecified atom stereocenters. The molecule has 0 saturated carbocycles. The molecule has 0 aliphatic heterocycles. The Balaban J connectivity index is 1.59. The first-order valence-electron chi connectivity index (χ1n) is 8.54. The smallest absolute Gasteiger partial charge is 0.359 e. The molecule has 0 aliphatic rings. The summed E-state index contributed by atoms with van der Waals surface area (Å²) in [5.74, 6) is -0.966. The van der Waals surface area contributed by atoms with Gasteiger partial charge in [0.1, 0.15) is 0 Å². The Hall–Kier alpha value is -3.15. The van der Waals surface area contributed by atoms with Crippen molar-refractivity contribution in [2.45, 2.75) is 26.3 Å². The second-order valence-corrected chi connectivity index (χ2v) is 6.13. The fourth-order valence-corrected chi connectivity index (χ4v) is 2.77. The minimum Gasteiger partial charge on any atom is -0.451 e. The summed E-state index contributed by atoms with van der Waals surface area (Å²) in [6, 6.07) is 15.1. The number of para-hydroxylation sites is 1. The van der Waals surface area contributed by atoms with Crippen molar-refractivity contribution < 1.29 is 14.3 Å². The summed E-state index contributed by atoms with van der Waals surface area (Å²) >= 11 is 0. The number of nitrogens with zero attached hydrogens (tertiary/aromatic N) is 1. The molecule has 26 heavy (non-hydrogen) atoms. The van der Waals surface area contributed by atoms with E-state index in [1.165, 1.54) is 0 Å². The number of nitrogens with one attached hydrogen (secondary N) is 2. The number of carbonyl (C=O) groups excluding carboxylic acids is 2. The summed E-state index contributed by atoms with van der Waals surface area (Å²) in [5, 5.41) is 10.3. The quantitative estimate of drug-likeness (QED) is 0.668. The number of amides is 1. The van der Waals surface area contributed by atoms with Gasteiger partial charge >= 0.3 is 5.97 Å². The van der Waals surface area contributed by atoms with E-state index in [1.54, 1.807) is 6.07 Å². The Morgan fingerprint density at radius 2 is 1.88 bits per heavy atom. The van der Waals surface area contributed by atoms with Gasteiger partial charge in [0.15, 0.2) is 12.3 Å². The SMILES string of the molecule is CC[C@H](NC(=O)COC(=O)c1n[nH]c2ccccc12)c1ccc(C)cc1. The van der Waals surface area contributed by atoms with E-state index in [4.69, 9.17) is 4.74 Å². The number of carbonyl (C=O) groups is 2. The lowest BCUT2D eigenvalue weighted by molar-refractivity contribution is -0.125. The highest BCUT2D eigenvalue weighted by molar-refractivity contribution is 6.02. The van der Waals surface area contributed by atoms with Crippen LogP contribution in [0.25, 0.3) is 10.9 Å². The number of aromatic nitrogens is 2. The minimum absolute atomic E-state index is 0.118. The molecule has 3 rings (SSSR count). The first kappa shape index (κ1) is 17.7. The van der Waals surface area contributed by atoms with Crippen LogP contribution in [0.15, 0.2) is 48.5 Å². The van der Waals surface area contributed by atoms with Gasteiger partial charge in [-0.1, -0.05) is 55.0 Å². The van der Waals surface area contributed by atoms with Crippen molar-refractivity contribution in [3.63, 3.8) is 0 Å². The number of aromatic amines is 1. The highest BCUT2D eigenvalue weighted by Gasteiger charge is 2.18. The second-order valence-electron chi connectivity index (χ2n) is 6.13.